The summed E-state index contributed by atoms with van der Waals surface area (Å²) in [5.41, 5.74) is 1.35. The van der Waals surface area contributed by atoms with E-state index in [1.165, 1.54) is 30.5 Å². The third-order valence-electron chi connectivity index (χ3n) is 2.58. The number of rotatable bonds is 4. The highest BCUT2D eigenvalue weighted by atomic mass is 35.5. The maximum Gasteiger partial charge on any atom is 0.328 e. The van der Waals surface area contributed by atoms with E-state index >= 15 is 0 Å². The average Bonchev–Trinajstić information content (AvgIpc) is 2.43. The van der Waals surface area contributed by atoms with Crippen LogP contribution in [0.15, 0.2) is 36.5 Å². The lowest BCUT2D eigenvalue weighted by atomic mass is 10.2. The van der Waals surface area contributed by atoms with Crippen molar-refractivity contribution in [3.63, 3.8) is 0 Å². The summed E-state index contributed by atoms with van der Waals surface area (Å²) in [6, 6.07) is 5.74. The fraction of sp³-hybridized carbons (Fsp3) is 0.0667. The zero-order valence-electron chi connectivity index (χ0n) is 11.0. The van der Waals surface area contributed by atoms with Gasteiger partial charge in [0, 0.05) is 23.9 Å². The van der Waals surface area contributed by atoms with Crippen LogP contribution < -0.4 is 4.74 Å². The molecule has 108 valence electrons. The molecule has 1 N–H and O–H groups in total. The van der Waals surface area contributed by atoms with Gasteiger partial charge in [-0.25, -0.2) is 14.2 Å². The molecule has 2 rings (SSSR count). The van der Waals surface area contributed by atoms with Gasteiger partial charge < -0.3 is 9.84 Å². The molecule has 0 radical (unpaired) electrons. The largest absolute Gasteiger partial charge is 0.478 e. The smallest absolute Gasteiger partial charge is 0.328 e. The van der Waals surface area contributed by atoms with E-state index in [4.69, 9.17) is 21.4 Å². The zero-order chi connectivity index (χ0) is 15.4. The lowest BCUT2D eigenvalue weighted by Crippen LogP contribution is -1.93. The number of hydrogen-bond acceptors (Lipinski definition) is 3. The molecule has 0 unspecified atom stereocenters. The Labute approximate surface area is 125 Å². The number of ether oxygens (including phenoxy) is 1. The SMILES string of the molecule is Cc1cc(/C=C/C(=O)O)cnc1Oc1ccc(F)c(Cl)c1. The van der Waals surface area contributed by atoms with Crippen LogP contribution in [0.4, 0.5) is 4.39 Å². The van der Waals surface area contributed by atoms with Crippen molar-refractivity contribution < 1.29 is 19.0 Å². The molecule has 6 heteroatoms. The van der Waals surface area contributed by atoms with E-state index in [0.717, 1.165) is 6.08 Å². The van der Waals surface area contributed by atoms with Crippen molar-refractivity contribution in [3.8, 4) is 11.6 Å². The summed E-state index contributed by atoms with van der Waals surface area (Å²) in [5, 5.41) is 8.53. The van der Waals surface area contributed by atoms with Crippen molar-refractivity contribution in [2.75, 3.05) is 0 Å². The fourth-order valence-electron chi connectivity index (χ4n) is 1.60. The number of carboxylic acids is 1. The van der Waals surface area contributed by atoms with Crippen molar-refractivity contribution in [2.24, 2.45) is 0 Å². The quantitative estimate of drug-likeness (QED) is 0.865. The van der Waals surface area contributed by atoms with E-state index < -0.39 is 11.8 Å². The Bertz CT molecular complexity index is 716. The molecule has 1 aromatic heterocycles. The van der Waals surface area contributed by atoms with Gasteiger partial charge in [0.1, 0.15) is 11.6 Å². The minimum atomic E-state index is -1.03. The van der Waals surface area contributed by atoms with E-state index in [1.807, 2.05) is 0 Å². The van der Waals surface area contributed by atoms with Crippen LogP contribution in [-0.2, 0) is 4.79 Å². The summed E-state index contributed by atoms with van der Waals surface area (Å²) in [5.74, 6) is -0.854. The number of aryl methyl sites for hydroxylation is 1. The Hall–Kier alpha value is -2.40. The molecule has 0 bridgehead atoms. The van der Waals surface area contributed by atoms with Crippen molar-refractivity contribution in [1.82, 2.24) is 4.98 Å². The van der Waals surface area contributed by atoms with Gasteiger partial charge in [-0.1, -0.05) is 11.6 Å². The van der Waals surface area contributed by atoms with Crippen LogP contribution in [0.1, 0.15) is 11.1 Å². The standard InChI is InChI=1S/C15H11ClFNO3/c1-9-6-10(2-5-14(19)20)8-18-15(9)21-11-3-4-13(17)12(16)7-11/h2-8H,1H3,(H,19,20)/b5-2+. The minimum absolute atomic E-state index is 0.0360. The second-order valence-electron chi connectivity index (χ2n) is 4.24. The predicted molar refractivity (Wildman–Crippen MR) is 77.1 cm³/mol. The molecule has 0 saturated carbocycles. The molecular formula is C15H11ClFNO3. The Morgan fingerprint density at radius 2 is 2.19 bits per heavy atom. The van der Waals surface area contributed by atoms with Crippen LogP contribution >= 0.6 is 11.6 Å². The Morgan fingerprint density at radius 3 is 2.81 bits per heavy atom. The summed E-state index contributed by atoms with van der Waals surface area (Å²) in [6.45, 7) is 1.77. The second-order valence-corrected chi connectivity index (χ2v) is 4.65. The molecule has 1 heterocycles. The van der Waals surface area contributed by atoms with E-state index in [-0.39, 0.29) is 5.02 Å². The molecule has 0 amide bonds. The van der Waals surface area contributed by atoms with Gasteiger partial charge in [-0.2, -0.15) is 0 Å². The Kier molecular flexibility index (Phi) is 4.55. The van der Waals surface area contributed by atoms with Crippen LogP contribution in [0, 0.1) is 12.7 Å². The van der Waals surface area contributed by atoms with E-state index in [1.54, 1.807) is 13.0 Å². The molecule has 0 saturated heterocycles. The highest BCUT2D eigenvalue weighted by Crippen LogP contribution is 2.27. The number of nitrogens with zero attached hydrogens (tertiary/aromatic N) is 1. The second kappa shape index (κ2) is 6.37. The predicted octanol–water partition coefficient (Wildman–Crippen LogP) is 4.07. The number of carbonyl (C=O) groups is 1. The van der Waals surface area contributed by atoms with Crippen molar-refractivity contribution in [3.05, 3.63) is 58.5 Å². The van der Waals surface area contributed by atoms with Gasteiger partial charge >= 0.3 is 5.97 Å². The first-order valence-corrected chi connectivity index (χ1v) is 6.34. The number of halogens is 2. The molecular weight excluding hydrogens is 297 g/mol. The number of aromatic nitrogens is 1. The van der Waals surface area contributed by atoms with Gasteiger partial charge in [0.25, 0.3) is 0 Å². The topological polar surface area (TPSA) is 59.4 Å². The van der Waals surface area contributed by atoms with Crippen molar-refractivity contribution in [2.45, 2.75) is 6.92 Å². The van der Waals surface area contributed by atoms with E-state index in [2.05, 4.69) is 4.98 Å². The molecule has 1 aromatic carbocycles. The lowest BCUT2D eigenvalue weighted by molar-refractivity contribution is -0.131. The third kappa shape index (κ3) is 4.03. The van der Waals surface area contributed by atoms with Crippen molar-refractivity contribution >= 4 is 23.6 Å². The summed E-state index contributed by atoms with van der Waals surface area (Å²) < 4.78 is 18.6. The van der Waals surface area contributed by atoms with Gasteiger partial charge in [0.15, 0.2) is 0 Å². The third-order valence-corrected chi connectivity index (χ3v) is 2.86. The van der Waals surface area contributed by atoms with Gasteiger partial charge in [0.2, 0.25) is 5.88 Å². The van der Waals surface area contributed by atoms with E-state index in [0.29, 0.717) is 22.8 Å². The van der Waals surface area contributed by atoms with Crippen LogP contribution in [0.3, 0.4) is 0 Å². The monoisotopic (exact) mass is 307 g/mol. The molecule has 0 aliphatic heterocycles. The lowest BCUT2D eigenvalue weighted by Gasteiger charge is -2.08. The molecule has 0 atom stereocenters. The first-order valence-electron chi connectivity index (χ1n) is 5.96. The molecule has 0 fully saturated rings. The molecule has 21 heavy (non-hydrogen) atoms. The highest BCUT2D eigenvalue weighted by molar-refractivity contribution is 6.30. The molecule has 4 nitrogen and oxygen atoms in total. The van der Waals surface area contributed by atoms with Gasteiger partial charge in [-0.15, -0.1) is 0 Å². The van der Waals surface area contributed by atoms with Gasteiger partial charge in [-0.05, 0) is 36.8 Å². The fourth-order valence-corrected chi connectivity index (χ4v) is 1.77. The van der Waals surface area contributed by atoms with Gasteiger partial charge in [-0.3, -0.25) is 0 Å². The zero-order valence-corrected chi connectivity index (χ0v) is 11.8. The highest BCUT2D eigenvalue weighted by Gasteiger charge is 2.06. The summed E-state index contributed by atoms with van der Waals surface area (Å²) in [4.78, 5) is 14.6. The van der Waals surface area contributed by atoms with E-state index in [9.17, 15) is 9.18 Å². The first kappa shape index (κ1) is 15.0. The van der Waals surface area contributed by atoms with Crippen LogP contribution in [0.25, 0.3) is 6.08 Å². The van der Waals surface area contributed by atoms with Crippen LogP contribution in [0.5, 0.6) is 11.6 Å². The first-order chi connectivity index (χ1) is 9.95. The Balaban J connectivity index is 2.21. The number of aliphatic carboxylic acids is 1. The maximum atomic E-state index is 13.1. The van der Waals surface area contributed by atoms with Crippen LogP contribution in [0.2, 0.25) is 5.02 Å². The van der Waals surface area contributed by atoms with Crippen molar-refractivity contribution in [1.29, 1.82) is 0 Å². The van der Waals surface area contributed by atoms with Crippen LogP contribution in [-0.4, -0.2) is 16.1 Å². The molecule has 0 aliphatic rings. The molecule has 0 spiro atoms. The summed E-state index contributed by atoms with van der Waals surface area (Å²) >= 11 is 5.68. The molecule has 0 aliphatic carbocycles. The van der Waals surface area contributed by atoms with Gasteiger partial charge in [0.05, 0.1) is 5.02 Å². The number of hydrogen-bond donors (Lipinski definition) is 1. The molecule has 2 aromatic rings. The normalized spacial score (nSPS) is 10.8. The number of carboxylic acid groups (broad SMARTS) is 1. The summed E-state index contributed by atoms with van der Waals surface area (Å²) in [6.07, 6.45) is 3.94. The maximum absolute atomic E-state index is 13.1. The average molecular weight is 308 g/mol. The summed E-state index contributed by atoms with van der Waals surface area (Å²) in [7, 11) is 0. The number of benzene rings is 1. The Morgan fingerprint density at radius 1 is 1.43 bits per heavy atom. The minimum Gasteiger partial charge on any atom is -0.478 e. The number of pyridine rings is 1.